The first kappa shape index (κ1) is 12.7. The van der Waals surface area contributed by atoms with Crippen LogP contribution in [-0.2, 0) is 6.54 Å². The smallest absolute Gasteiger partial charge is 0.278 e. The molecule has 0 radical (unpaired) electrons. The van der Waals surface area contributed by atoms with Gasteiger partial charge >= 0.3 is 0 Å². The highest BCUT2D eigenvalue weighted by molar-refractivity contribution is 5.82. The Labute approximate surface area is 125 Å². The van der Waals surface area contributed by atoms with E-state index in [2.05, 4.69) is 15.0 Å². The van der Waals surface area contributed by atoms with Crippen molar-refractivity contribution in [3.8, 4) is 5.75 Å². The van der Waals surface area contributed by atoms with Crippen molar-refractivity contribution in [1.29, 1.82) is 0 Å². The maximum Gasteiger partial charge on any atom is 0.278 e. The number of benzene rings is 1. The molecule has 0 saturated carbocycles. The Hall–Kier alpha value is -3.02. The Morgan fingerprint density at radius 1 is 1.27 bits per heavy atom. The lowest BCUT2D eigenvalue weighted by Gasteiger charge is -2.03. The Morgan fingerprint density at radius 2 is 2.18 bits per heavy atom. The van der Waals surface area contributed by atoms with Crippen LogP contribution in [0.25, 0.3) is 21.9 Å². The summed E-state index contributed by atoms with van der Waals surface area (Å²) in [6.45, 7) is 0.442. The van der Waals surface area contributed by atoms with Gasteiger partial charge in [-0.2, -0.15) is 0 Å². The minimum Gasteiger partial charge on any atom is -0.497 e. The molecule has 22 heavy (non-hydrogen) atoms. The third-order valence-electron chi connectivity index (χ3n) is 3.76. The Kier molecular flexibility index (Phi) is 2.75. The molecule has 3 aromatic heterocycles. The van der Waals surface area contributed by atoms with Crippen LogP contribution in [0, 0.1) is 0 Å². The topological polar surface area (TPSA) is 75.7 Å². The molecule has 0 saturated heterocycles. The van der Waals surface area contributed by atoms with Gasteiger partial charge < -0.3 is 14.7 Å². The number of aromatic amines is 2. The number of rotatable bonds is 3. The number of nitrogens with zero attached hydrogens (tertiary/aromatic N) is 2. The summed E-state index contributed by atoms with van der Waals surface area (Å²) in [5.74, 6) is 0.810. The third kappa shape index (κ3) is 1.96. The second-order valence-electron chi connectivity index (χ2n) is 5.16. The zero-order chi connectivity index (χ0) is 15.1. The maximum absolute atomic E-state index is 12.4. The minimum atomic E-state index is -0.0776. The number of hydrogen-bond donors (Lipinski definition) is 2. The van der Waals surface area contributed by atoms with E-state index in [-0.39, 0.29) is 5.56 Å². The number of fused-ring (bicyclic) bond motifs is 2. The van der Waals surface area contributed by atoms with Gasteiger partial charge in [0, 0.05) is 22.8 Å². The first-order valence-corrected chi connectivity index (χ1v) is 6.93. The van der Waals surface area contributed by atoms with Gasteiger partial charge in [-0.15, -0.1) is 0 Å². The first-order chi connectivity index (χ1) is 10.7. The number of aromatic nitrogens is 4. The summed E-state index contributed by atoms with van der Waals surface area (Å²) < 4.78 is 6.81. The van der Waals surface area contributed by atoms with Gasteiger partial charge in [0.2, 0.25) is 0 Å². The van der Waals surface area contributed by atoms with Gasteiger partial charge in [-0.1, -0.05) is 0 Å². The molecule has 0 aliphatic rings. The van der Waals surface area contributed by atoms with E-state index in [4.69, 9.17) is 4.74 Å². The lowest BCUT2D eigenvalue weighted by molar-refractivity contribution is 0.415. The molecule has 0 amide bonds. The summed E-state index contributed by atoms with van der Waals surface area (Å²) in [5, 5.41) is 1.05. The van der Waals surface area contributed by atoms with Crippen molar-refractivity contribution in [2.75, 3.05) is 7.11 Å². The van der Waals surface area contributed by atoms with E-state index >= 15 is 0 Å². The highest BCUT2D eigenvalue weighted by Gasteiger charge is 2.07. The third-order valence-corrected chi connectivity index (χ3v) is 3.76. The van der Waals surface area contributed by atoms with Gasteiger partial charge in [0.1, 0.15) is 11.3 Å². The molecule has 2 N–H and O–H groups in total. The molecular weight excluding hydrogens is 280 g/mol. The average molecular weight is 294 g/mol. The van der Waals surface area contributed by atoms with Crippen molar-refractivity contribution in [3.05, 3.63) is 58.9 Å². The summed E-state index contributed by atoms with van der Waals surface area (Å²) in [6, 6.07) is 9.64. The van der Waals surface area contributed by atoms with Crippen molar-refractivity contribution < 1.29 is 4.74 Å². The fourth-order valence-electron chi connectivity index (χ4n) is 2.65. The normalized spacial score (nSPS) is 11.3. The van der Waals surface area contributed by atoms with Crippen molar-refractivity contribution in [2.24, 2.45) is 0 Å². The van der Waals surface area contributed by atoms with Crippen LogP contribution < -0.4 is 10.3 Å². The summed E-state index contributed by atoms with van der Waals surface area (Å²) in [5.41, 5.74) is 3.09. The lowest BCUT2D eigenvalue weighted by atomic mass is 10.2. The van der Waals surface area contributed by atoms with Gasteiger partial charge in [0.25, 0.3) is 5.56 Å². The van der Waals surface area contributed by atoms with E-state index in [1.54, 1.807) is 30.3 Å². The number of nitrogens with one attached hydrogen (secondary N) is 2. The molecular formula is C16H14N4O2. The van der Waals surface area contributed by atoms with Crippen molar-refractivity contribution >= 4 is 21.9 Å². The van der Waals surface area contributed by atoms with E-state index in [0.29, 0.717) is 17.6 Å². The molecule has 110 valence electrons. The van der Waals surface area contributed by atoms with Crippen LogP contribution in [0.1, 0.15) is 5.69 Å². The molecule has 0 spiro atoms. The van der Waals surface area contributed by atoms with Crippen LogP contribution in [0.15, 0.2) is 47.7 Å². The summed E-state index contributed by atoms with van der Waals surface area (Å²) in [6.07, 6.45) is 3.29. The highest BCUT2D eigenvalue weighted by atomic mass is 16.5. The first-order valence-electron chi connectivity index (χ1n) is 6.93. The molecule has 0 unspecified atom stereocenters. The molecule has 0 aliphatic carbocycles. The molecule has 0 bridgehead atoms. The van der Waals surface area contributed by atoms with Crippen molar-refractivity contribution in [3.63, 3.8) is 0 Å². The second-order valence-corrected chi connectivity index (χ2v) is 5.16. The van der Waals surface area contributed by atoms with E-state index in [9.17, 15) is 4.79 Å². The summed E-state index contributed by atoms with van der Waals surface area (Å²) in [7, 11) is 1.64. The maximum atomic E-state index is 12.4. The molecule has 4 aromatic rings. The van der Waals surface area contributed by atoms with Gasteiger partial charge in [0.15, 0.2) is 0 Å². The largest absolute Gasteiger partial charge is 0.497 e. The average Bonchev–Trinajstić information content (AvgIpc) is 3.15. The van der Waals surface area contributed by atoms with Crippen LogP contribution >= 0.6 is 0 Å². The lowest BCUT2D eigenvalue weighted by Crippen LogP contribution is -2.21. The molecule has 0 atom stereocenters. The fourth-order valence-corrected chi connectivity index (χ4v) is 2.65. The summed E-state index contributed by atoms with van der Waals surface area (Å²) >= 11 is 0. The van der Waals surface area contributed by atoms with Gasteiger partial charge in [-0.3, -0.25) is 9.36 Å². The van der Waals surface area contributed by atoms with E-state index in [0.717, 1.165) is 22.3 Å². The standard InChI is InChI=1S/C16H14N4O2/c1-22-12-2-3-13-10(7-12)6-11(19-13)8-20-9-18-14-4-5-17-15(14)16(20)21/h2-7,9,17,19H,8H2,1H3. The Bertz CT molecular complexity index is 1030. The number of methoxy groups -OCH3 is 1. The van der Waals surface area contributed by atoms with Crippen molar-refractivity contribution in [1.82, 2.24) is 19.5 Å². The van der Waals surface area contributed by atoms with Gasteiger partial charge in [-0.05, 0) is 30.3 Å². The number of H-pyrrole nitrogens is 2. The van der Waals surface area contributed by atoms with Crippen LogP contribution in [0.5, 0.6) is 5.75 Å². The highest BCUT2D eigenvalue weighted by Crippen LogP contribution is 2.21. The quantitative estimate of drug-likeness (QED) is 0.608. The van der Waals surface area contributed by atoms with Crippen LogP contribution in [-0.4, -0.2) is 26.6 Å². The summed E-state index contributed by atoms with van der Waals surface area (Å²) in [4.78, 5) is 22.9. The molecule has 0 fully saturated rings. The Balaban J connectivity index is 1.75. The predicted molar refractivity (Wildman–Crippen MR) is 84.3 cm³/mol. The molecule has 6 nitrogen and oxygen atoms in total. The van der Waals surface area contributed by atoms with Crippen LogP contribution in [0.3, 0.4) is 0 Å². The molecule has 0 aliphatic heterocycles. The number of hydrogen-bond acceptors (Lipinski definition) is 3. The number of ether oxygens (including phenoxy) is 1. The molecule has 4 rings (SSSR count). The molecule has 6 heteroatoms. The molecule has 3 heterocycles. The SMILES string of the molecule is COc1ccc2[nH]c(Cn3cnc4cc[nH]c4c3=O)cc2c1. The molecule has 1 aromatic carbocycles. The van der Waals surface area contributed by atoms with Gasteiger partial charge in [0.05, 0.1) is 25.5 Å². The van der Waals surface area contributed by atoms with Crippen LogP contribution in [0.4, 0.5) is 0 Å². The minimum absolute atomic E-state index is 0.0776. The van der Waals surface area contributed by atoms with E-state index in [1.807, 2.05) is 24.3 Å². The van der Waals surface area contributed by atoms with Crippen LogP contribution in [0.2, 0.25) is 0 Å². The van der Waals surface area contributed by atoms with E-state index in [1.165, 1.54) is 0 Å². The van der Waals surface area contributed by atoms with E-state index < -0.39 is 0 Å². The van der Waals surface area contributed by atoms with Crippen molar-refractivity contribution in [2.45, 2.75) is 6.54 Å². The second kappa shape index (κ2) is 4.77. The zero-order valence-corrected chi connectivity index (χ0v) is 12.0. The van der Waals surface area contributed by atoms with Gasteiger partial charge in [-0.25, -0.2) is 4.98 Å². The monoisotopic (exact) mass is 294 g/mol. The zero-order valence-electron chi connectivity index (χ0n) is 12.0. The fraction of sp³-hybridized carbons (Fsp3) is 0.125. The Morgan fingerprint density at radius 3 is 3.05 bits per heavy atom. The predicted octanol–water partition coefficient (Wildman–Crippen LogP) is 2.26.